The highest BCUT2D eigenvalue weighted by atomic mass is 32.1. The summed E-state index contributed by atoms with van der Waals surface area (Å²) in [5.74, 6) is 0.0856. The molecular formula is C11H7N3O3S. The molecule has 6 nitrogen and oxygen atoms in total. The van der Waals surface area contributed by atoms with E-state index in [0.29, 0.717) is 5.69 Å². The van der Waals surface area contributed by atoms with Crippen molar-refractivity contribution in [2.75, 3.05) is 5.32 Å². The summed E-state index contributed by atoms with van der Waals surface area (Å²) < 4.78 is 9.64. The second-order valence-electron chi connectivity index (χ2n) is 3.37. The first-order valence-electron chi connectivity index (χ1n) is 5.06. The number of carbonyl (C=O) groups excluding carboxylic acids is 1. The Labute approximate surface area is 105 Å². The van der Waals surface area contributed by atoms with Crippen LogP contribution in [0.4, 0.5) is 5.82 Å². The number of rotatable bonds is 3. The van der Waals surface area contributed by atoms with E-state index in [1.165, 1.54) is 17.6 Å². The minimum Gasteiger partial charge on any atom is -0.459 e. The zero-order valence-electron chi connectivity index (χ0n) is 8.99. The van der Waals surface area contributed by atoms with E-state index in [2.05, 4.69) is 20.3 Å². The third-order valence-electron chi connectivity index (χ3n) is 2.22. The lowest BCUT2D eigenvalue weighted by Crippen LogP contribution is -2.11. The molecule has 0 spiro atoms. The Bertz CT molecular complexity index is 643. The van der Waals surface area contributed by atoms with E-state index in [4.69, 9.17) is 4.42 Å². The third kappa shape index (κ3) is 1.91. The summed E-state index contributed by atoms with van der Waals surface area (Å²) in [7, 11) is 0. The molecule has 1 N–H and O–H groups in total. The van der Waals surface area contributed by atoms with Crippen molar-refractivity contribution in [2.24, 2.45) is 0 Å². The van der Waals surface area contributed by atoms with Crippen molar-refractivity contribution < 1.29 is 13.8 Å². The molecule has 0 atom stereocenters. The molecule has 3 rings (SSSR count). The van der Waals surface area contributed by atoms with Crippen molar-refractivity contribution in [1.29, 1.82) is 0 Å². The maximum absolute atomic E-state index is 11.8. The molecule has 0 saturated carbocycles. The minimum absolute atomic E-state index is 0.204. The molecule has 0 aliphatic carbocycles. The summed E-state index contributed by atoms with van der Waals surface area (Å²) in [6.07, 6.45) is 1.43. The van der Waals surface area contributed by atoms with E-state index in [1.807, 2.05) is 17.5 Å². The van der Waals surface area contributed by atoms with Crippen molar-refractivity contribution in [3.05, 3.63) is 41.7 Å². The number of nitrogens with one attached hydrogen (secondary N) is 1. The van der Waals surface area contributed by atoms with Crippen LogP contribution in [0.25, 0.3) is 10.6 Å². The average Bonchev–Trinajstić information content (AvgIpc) is 3.11. The molecule has 0 aliphatic rings. The van der Waals surface area contributed by atoms with Crippen LogP contribution in [0.15, 0.2) is 45.0 Å². The van der Waals surface area contributed by atoms with Crippen LogP contribution < -0.4 is 5.32 Å². The molecule has 0 fully saturated rings. The molecule has 3 aromatic rings. The predicted molar refractivity (Wildman–Crippen MR) is 64.3 cm³/mol. The van der Waals surface area contributed by atoms with Crippen molar-refractivity contribution in [3.63, 3.8) is 0 Å². The van der Waals surface area contributed by atoms with Crippen molar-refractivity contribution in [3.8, 4) is 10.6 Å². The average molecular weight is 261 g/mol. The van der Waals surface area contributed by atoms with E-state index < -0.39 is 5.91 Å². The standard InChI is InChI=1S/C11H7N3O3S/c15-11(7-3-1-5-16-7)12-10-9(13-17-14-10)8-4-2-6-18-8/h1-6H,(H,12,14,15). The van der Waals surface area contributed by atoms with Crippen molar-refractivity contribution in [2.45, 2.75) is 0 Å². The molecule has 90 valence electrons. The second-order valence-corrected chi connectivity index (χ2v) is 4.32. The van der Waals surface area contributed by atoms with Crippen LogP contribution in [-0.4, -0.2) is 16.2 Å². The molecular weight excluding hydrogens is 254 g/mol. The number of furan rings is 1. The lowest BCUT2D eigenvalue weighted by molar-refractivity contribution is 0.0995. The molecule has 0 aromatic carbocycles. The summed E-state index contributed by atoms with van der Waals surface area (Å²) >= 11 is 1.48. The lowest BCUT2D eigenvalue weighted by atomic mass is 10.3. The van der Waals surface area contributed by atoms with Gasteiger partial charge in [0.05, 0.1) is 11.1 Å². The highest BCUT2D eigenvalue weighted by molar-refractivity contribution is 7.13. The summed E-state index contributed by atoms with van der Waals surface area (Å²) in [5.41, 5.74) is 0.505. The number of hydrogen-bond donors (Lipinski definition) is 1. The molecule has 0 radical (unpaired) electrons. The van der Waals surface area contributed by atoms with Crippen LogP contribution in [0.1, 0.15) is 10.6 Å². The first-order chi connectivity index (χ1) is 8.84. The van der Waals surface area contributed by atoms with Gasteiger partial charge in [-0.1, -0.05) is 6.07 Å². The Hall–Kier alpha value is -2.41. The monoisotopic (exact) mass is 261 g/mol. The maximum atomic E-state index is 11.8. The predicted octanol–water partition coefficient (Wildman–Crippen LogP) is 2.64. The number of anilines is 1. The van der Waals surface area contributed by atoms with Gasteiger partial charge in [0, 0.05) is 0 Å². The van der Waals surface area contributed by atoms with Crippen LogP contribution in [0.2, 0.25) is 0 Å². The Balaban J connectivity index is 1.86. The van der Waals surface area contributed by atoms with Gasteiger partial charge in [0.15, 0.2) is 11.5 Å². The Morgan fingerprint density at radius 3 is 2.94 bits per heavy atom. The molecule has 1 amide bonds. The smallest absolute Gasteiger partial charge is 0.292 e. The normalized spacial score (nSPS) is 10.4. The van der Waals surface area contributed by atoms with Crippen LogP contribution in [0, 0.1) is 0 Å². The topological polar surface area (TPSA) is 81.2 Å². The van der Waals surface area contributed by atoms with E-state index in [-0.39, 0.29) is 11.6 Å². The lowest BCUT2D eigenvalue weighted by Gasteiger charge is -1.98. The number of nitrogens with zero attached hydrogens (tertiary/aromatic N) is 2. The van der Waals surface area contributed by atoms with Gasteiger partial charge >= 0.3 is 0 Å². The molecule has 7 heteroatoms. The first kappa shape index (κ1) is 10.7. The van der Waals surface area contributed by atoms with Gasteiger partial charge in [-0.05, 0) is 33.9 Å². The fourth-order valence-corrected chi connectivity index (χ4v) is 2.13. The van der Waals surface area contributed by atoms with Crippen LogP contribution in [0.5, 0.6) is 0 Å². The van der Waals surface area contributed by atoms with Crippen LogP contribution >= 0.6 is 11.3 Å². The minimum atomic E-state index is -0.395. The third-order valence-corrected chi connectivity index (χ3v) is 3.10. The van der Waals surface area contributed by atoms with Gasteiger partial charge in [0.25, 0.3) is 5.91 Å². The second kappa shape index (κ2) is 4.46. The zero-order chi connectivity index (χ0) is 12.4. The fraction of sp³-hybridized carbons (Fsp3) is 0. The Kier molecular flexibility index (Phi) is 2.66. The van der Waals surface area contributed by atoms with E-state index >= 15 is 0 Å². The van der Waals surface area contributed by atoms with Crippen LogP contribution in [-0.2, 0) is 0 Å². The molecule has 18 heavy (non-hydrogen) atoms. The highest BCUT2D eigenvalue weighted by Gasteiger charge is 2.17. The molecule has 3 heterocycles. The van der Waals surface area contributed by atoms with E-state index in [0.717, 1.165) is 4.88 Å². The van der Waals surface area contributed by atoms with E-state index in [9.17, 15) is 4.79 Å². The van der Waals surface area contributed by atoms with Gasteiger partial charge < -0.3 is 4.42 Å². The molecule has 0 saturated heterocycles. The summed E-state index contributed by atoms with van der Waals surface area (Å²) in [6, 6.07) is 6.95. The number of carbonyl (C=O) groups is 1. The molecule has 0 unspecified atom stereocenters. The van der Waals surface area contributed by atoms with Crippen molar-refractivity contribution in [1.82, 2.24) is 10.3 Å². The fourth-order valence-electron chi connectivity index (χ4n) is 1.42. The molecule has 3 aromatic heterocycles. The van der Waals surface area contributed by atoms with Gasteiger partial charge in [-0.3, -0.25) is 10.1 Å². The molecule has 0 bridgehead atoms. The van der Waals surface area contributed by atoms with E-state index in [1.54, 1.807) is 12.1 Å². The largest absolute Gasteiger partial charge is 0.459 e. The molecule has 0 aliphatic heterocycles. The number of amides is 1. The zero-order valence-corrected chi connectivity index (χ0v) is 9.81. The van der Waals surface area contributed by atoms with Crippen molar-refractivity contribution >= 4 is 23.1 Å². The van der Waals surface area contributed by atoms with Gasteiger partial charge in [0.2, 0.25) is 5.82 Å². The summed E-state index contributed by atoms with van der Waals surface area (Å²) in [5, 5.41) is 11.9. The number of aromatic nitrogens is 2. The summed E-state index contributed by atoms with van der Waals surface area (Å²) in [4.78, 5) is 12.7. The highest BCUT2D eigenvalue weighted by Crippen LogP contribution is 2.28. The Morgan fingerprint density at radius 2 is 2.22 bits per heavy atom. The number of thiophene rings is 1. The first-order valence-corrected chi connectivity index (χ1v) is 5.94. The quantitative estimate of drug-likeness (QED) is 0.783. The van der Waals surface area contributed by atoms with Crippen LogP contribution in [0.3, 0.4) is 0 Å². The maximum Gasteiger partial charge on any atom is 0.292 e. The van der Waals surface area contributed by atoms with Gasteiger partial charge in [-0.15, -0.1) is 11.3 Å². The van der Waals surface area contributed by atoms with Gasteiger partial charge in [0.1, 0.15) is 0 Å². The summed E-state index contributed by atoms with van der Waals surface area (Å²) in [6.45, 7) is 0. The number of hydrogen-bond acceptors (Lipinski definition) is 6. The Morgan fingerprint density at radius 1 is 1.28 bits per heavy atom. The van der Waals surface area contributed by atoms with Gasteiger partial charge in [-0.2, -0.15) is 0 Å². The SMILES string of the molecule is O=C(Nc1nonc1-c1cccs1)c1ccco1. The van der Waals surface area contributed by atoms with Gasteiger partial charge in [-0.25, -0.2) is 4.63 Å².